The molecule has 1 aromatic heterocycles. The molecule has 1 aromatic carbocycles. The number of hydrogen-bond donors (Lipinski definition) is 3. The summed E-state index contributed by atoms with van der Waals surface area (Å²) in [6.07, 6.45) is 4.60. The first-order valence-electron chi connectivity index (χ1n) is 6.63. The second kappa shape index (κ2) is 5.01. The lowest BCUT2D eigenvalue weighted by Gasteiger charge is -2.17. The quantitative estimate of drug-likeness (QED) is 0.760. The minimum atomic E-state index is -0.0970. The summed E-state index contributed by atoms with van der Waals surface area (Å²) in [7, 11) is 0. The number of fused-ring (bicyclic) bond motifs is 1. The fraction of sp³-hybridized carbons (Fsp3) is 0.429. The van der Waals surface area contributed by atoms with Gasteiger partial charge in [-0.2, -0.15) is 5.10 Å². The minimum absolute atomic E-state index is 0.0793. The number of carbonyl (C=O) groups is 1. The highest BCUT2D eigenvalue weighted by molar-refractivity contribution is 6.05. The van der Waals surface area contributed by atoms with Crippen molar-refractivity contribution < 1.29 is 9.90 Å². The number of amides is 1. The number of aromatic nitrogens is 2. The van der Waals surface area contributed by atoms with Gasteiger partial charge in [-0.05, 0) is 31.2 Å². The molecule has 3 rings (SSSR count). The van der Waals surface area contributed by atoms with Gasteiger partial charge in [-0.25, -0.2) is 0 Å². The van der Waals surface area contributed by atoms with Gasteiger partial charge in [0.25, 0.3) is 5.91 Å². The number of aliphatic hydroxyl groups is 1. The van der Waals surface area contributed by atoms with Gasteiger partial charge in [0, 0.05) is 18.0 Å². The second-order valence-corrected chi connectivity index (χ2v) is 5.07. The number of nitrogens with one attached hydrogen (secondary N) is 2. The highest BCUT2D eigenvalue weighted by Gasteiger charge is 2.32. The molecule has 1 aliphatic rings. The van der Waals surface area contributed by atoms with Crippen molar-refractivity contribution >= 4 is 16.8 Å². The molecule has 3 N–H and O–H groups in total. The van der Waals surface area contributed by atoms with Gasteiger partial charge in [0.1, 0.15) is 0 Å². The molecule has 1 amide bonds. The van der Waals surface area contributed by atoms with E-state index in [2.05, 4.69) is 15.5 Å². The molecule has 19 heavy (non-hydrogen) atoms. The van der Waals surface area contributed by atoms with Crippen molar-refractivity contribution in [1.29, 1.82) is 0 Å². The molecule has 5 heteroatoms. The Kier molecular flexibility index (Phi) is 3.21. The zero-order valence-corrected chi connectivity index (χ0v) is 10.6. The summed E-state index contributed by atoms with van der Waals surface area (Å²) < 4.78 is 0. The summed E-state index contributed by atoms with van der Waals surface area (Å²) in [5.41, 5.74) is 1.37. The molecule has 5 nitrogen and oxygen atoms in total. The Morgan fingerprint density at radius 1 is 1.53 bits per heavy atom. The average molecular weight is 259 g/mol. The van der Waals surface area contributed by atoms with Crippen LogP contribution in [0.2, 0.25) is 0 Å². The van der Waals surface area contributed by atoms with Crippen molar-refractivity contribution in [2.75, 3.05) is 6.61 Å². The summed E-state index contributed by atoms with van der Waals surface area (Å²) in [4.78, 5) is 12.3. The number of carbonyl (C=O) groups excluding carboxylic acids is 1. The zero-order chi connectivity index (χ0) is 13.2. The van der Waals surface area contributed by atoms with Gasteiger partial charge >= 0.3 is 0 Å². The Morgan fingerprint density at radius 2 is 2.37 bits per heavy atom. The first-order valence-corrected chi connectivity index (χ1v) is 6.63. The van der Waals surface area contributed by atoms with Crippen LogP contribution >= 0.6 is 0 Å². The van der Waals surface area contributed by atoms with Crippen LogP contribution in [0.3, 0.4) is 0 Å². The van der Waals surface area contributed by atoms with Crippen molar-refractivity contribution in [1.82, 2.24) is 15.5 Å². The second-order valence-electron chi connectivity index (χ2n) is 5.07. The number of aliphatic hydroxyl groups excluding tert-OH is 1. The molecule has 0 spiro atoms. The lowest BCUT2D eigenvalue weighted by molar-refractivity contribution is 0.0926. The number of H-pyrrole nitrogens is 1. The standard InChI is InChI=1S/C14H17N3O2/c18-7-6-12(9-4-5-9)16-14(19)11-3-1-2-10-8-15-17-13(10)11/h1-3,8-9,12,18H,4-7H2,(H,15,17)(H,16,19). The van der Waals surface area contributed by atoms with E-state index in [0.29, 0.717) is 17.9 Å². The maximum Gasteiger partial charge on any atom is 0.253 e. The highest BCUT2D eigenvalue weighted by Crippen LogP contribution is 2.34. The molecule has 1 fully saturated rings. The first-order chi connectivity index (χ1) is 9.29. The zero-order valence-electron chi connectivity index (χ0n) is 10.6. The molecule has 0 radical (unpaired) electrons. The molecule has 1 heterocycles. The Bertz CT molecular complexity index is 589. The third kappa shape index (κ3) is 2.46. The highest BCUT2D eigenvalue weighted by atomic mass is 16.3. The summed E-state index contributed by atoms with van der Waals surface area (Å²) >= 11 is 0. The van der Waals surface area contributed by atoms with E-state index in [1.54, 1.807) is 12.3 Å². The summed E-state index contributed by atoms with van der Waals surface area (Å²) in [6.45, 7) is 0.107. The van der Waals surface area contributed by atoms with Crippen LogP contribution in [0.1, 0.15) is 29.6 Å². The number of nitrogens with zero attached hydrogens (tertiary/aromatic N) is 1. The summed E-state index contributed by atoms with van der Waals surface area (Å²) in [5.74, 6) is 0.428. The predicted molar refractivity (Wildman–Crippen MR) is 71.8 cm³/mol. The monoisotopic (exact) mass is 259 g/mol. The van der Waals surface area contributed by atoms with E-state index in [1.165, 1.54) is 0 Å². The topological polar surface area (TPSA) is 78.0 Å². The Morgan fingerprint density at radius 3 is 3.11 bits per heavy atom. The summed E-state index contributed by atoms with van der Waals surface area (Å²) in [6, 6.07) is 5.64. The van der Waals surface area contributed by atoms with Gasteiger partial charge in [-0.1, -0.05) is 12.1 Å². The summed E-state index contributed by atoms with van der Waals surface area (Å²) in [5, 5.41) is 19.8. The minimum Gasteiger partial charge on any atom is -0.396 e. The number of hydrogen-bond acceptors (Lipinski definition) is 3. The van der Waals surface area contributed by atoms with Gasteiger partial charge < -0.3 is 10.4 Å². The van der Waals surface area contributed by atoms with E-state index < -0.39 is 0 Å². The van der Waals surface area contributed by atoms with E-state index in [-0.39, 0.29) is 18.6 Å². The van der Waals surface area contributed by atoms with Crippen LogP contribution in [-0.2, 0) is 0 Å². The fourth-order valence-electron chi connectivity index (χ4n) is 2.47. The van der Waals surface area contributed by atoms with Crippen LogP contribution in [0.15, 0.2) is 24.4 Å². The number of aromatic amines is 1. The fourth-order valence-corrected chi connectivity index (χ4v) is 2.47. The molecule has 0 saturated heterocycles. The number of benzene rings is 1. The molecule has 0 bridgehead atoms. The molecule has 0 aliphatic heterocycles. The van der Waals surface area contributed by atoms with Crippen LogP contribution in [0, 0.1) is 5.92 Å². The molecule has 1 aliphatic carbocycles. The van der Waals surface area contributed by atoms with Crippen molar-refractivity contribution in [2.45, 2.75) is 25.3 Å². The van der Waals surface area contributed by atoms with E-state index in [4.69, 9.17) is 5.11 Å². The first kappa shape index (κ1) is 12.2. The third-order valence-corrected chi connectivity index (χ3v) is 3.67. The van der Waals surface area contributed by atoms with E-state index in [1.807, 2.05) is 12.1 Å². The van der Waals surface area contributed by atoms with Gasteiger partial charge in [-0.15, -0.1) is 0 Å². The maximum atomic E-state index is 12.3. The molecule has 1 unspecified atom stereocenters. The molecular weight excluding hydrogens is 242 g/mol. The average Bonchev–Trinajstić information content (AvgIpc) is 3.15. The molecule has 2 aromatic rings. The van der Waals surface area contributed by atoms with Gasteiger partial charge in [0.05, 0.1) is 17.3 Å². The van der Waals surface area contributed by atoms with Crippen molar-refractivity contribution in [3.63, 3.8) is 0 Å². The Hall–Kier alpha value is -1.88. The maximum absolute atomic E-state index is 12.3. The lowest BCUT2D eigenvalue weighted by atomic mass is 10.1. The van der Waals surface area contributed by atoms with Gasteiger partial charge in [0.15, 0.2) is 0 Å². The van der Waals surface area contributed by atoms with Crippen molar-refractivity contribution in [3.05, 3.63) is 30.0 Å². The van der Waals surface area contributed by atoms with Crippen LogP contribution in [0.5, 0.6) is 0 Å². The van der Waals surface area contributed by atoms with Crippen LogP contribution in [0.25, 0.3) is 10.9 Å². The molecule has 1 atom stereocenters. The lowest BCUT2D eigenvalue weighted by Crippen LogP contribution is -2.37. The largest absolute Gasteiger partial charge is 0.396 e. The SMILES string of the molecule is O=C(NC(CCO)C1CC1)c1cccc2cn[nH]c12. The van der Waals surface area contributed by atoms with Crippen molar-refractivity contribution in [3.8, 4) is 0 Å². The van der Waals surface area contributed by atoms with Crippen LogP contribution < -0.4 is 5.32 Å². The van der Waals surface area contributed by atoms with Gasteiger partial charge in [-0.3, -0.25) is 9.89 Å². The smallest absolute Gasteiger partial charge is 0.253 e. The van der Waals surface area contributed by atoms with E-state index in [0.717, 1.165) is 23.7 Å². The number of rotatable bonds is 5. The normalized spacial score (nSPS) is 16.5. The van der Waals surface area contributed by atoms with Crippen molar-refractivity contribution in [2.24, 2.45) is 5.92 Å². The van der Waals surface area contributed by atoms with Crippen LogP contribution in [0.4, 0.5) is 0 Å². The van der Waals surface area contributed by atoms with E-state index in [9.17, 15) is 4.79 Å². The Balaban J connectivity index is 1.81. The predicted octanol–water partition coefficient (Wildman–Crippen LogP) is 1.45. The van der Waals surface area contributed by atoms with E-state index >= 15 is 0 Å². The molecule has 100 valence electrons. The molecule has 1 saturated carbocycles. The molecular formula is C14H17N3O2. The van der Waals surface area contributed by atoms with Gasteiger partial charge in [0.2, 0.25) is 0 Å². The Labute approximate surface area is 111 Å². The third-order valence-electron chi connectivity index (χ3n) is 3.67. The van der Waals surface area contributed by atoms with Crippen LogP contribution in [-0.4, -0.2) is 33.9 Å². The number of para-hydroxylation sites is 1.